The minimum atomic E-state index is -0.821. The van der Waals surface area contributed by atoms with Gasteiger partial charge in [0.05, 0.1) is 27.7 Å². The molecular weight excluding hydrogens is 621 g/mol. The first-order chi connectivity index (χ1) is 21.2. The van der Waals surface area contributed by atoms with Gasteiger partial charge in [-0.25, -0.2) is 4.98 Å². The molecule has 1 aliphatic carbocycles. The zero-order chi connectivity index (χ0) is 31.2. The van der Waals surface area contributed by atoms with Crippen molar-refractivity contribution in [2.24, 2.45) is 5.92 Å². The Morgan fingerprint density at radius 1 is 1.11 bits per heavy atom. The number of carbonyl (C=O) groups is 1. The van der Waals surface area contributed by atoms with E-state index in [1.54, 1.807) is 19.5 Å². The summed E-state index contributed by atoms with van der Waals surface area (Å²) in [6.45, 7) is 4.37. The number of methoxy groups -OCH3 is 1. The van der Waals surface area contributed by atoms with Gasteiger partial charge in [-0.15, -0.1) is 0 Å². The van der Waals surface area contributed by atoms with Crippen LogP contribution in [0.4, 0.5) is 5.82 Å². The first kappa shape index (κ1) is 32.3. The standard InChI is InChI=1S/C33H36Cl3N5O3/c1-21-12-28(34)32(29(35)13-21)44-27-9-10-40(20-27)31-8-5-22(17-39-31)14-23(16-37)33(42)41(26-6-7-26)19-24-15-25(4-3-11-43-2)38-18-30(24)36/h5,8,12-13,15,17-18,23,26-27H,3-4,6-7,9-11,14,19-20H2,1-2H3/t23-,27-/m1/s1. The van der Waals surface area contributed by atoms with Gasteiger partial charge in [0.15, 0.2) is 5.75 Å². The van der Waals surface area contributed by atoms with Crippen LogP contribution in [0.1, 0.15) is 48.1 Å². The molecule has 1 aromatic carbocycles. The van der Waals surface area contributed by atoms with Crippen LogP contribution in [0.5, 0.6) is 5.75 Å². The van der Waals surface area contributed by atoms with E-state index in [-0.39, 0.29) is 24.5 Å². The quantitative estimate of drug-likeness (QED) is 0.186. The van der Waals surface area contributed by atoms with Crippen molar-refractivity contribution in [1.82, 2.24) is 14.9 Å². The van der Waals surface area contributed by atoms with Gasteiger partial charge in [0, 0.05) is 57.4 Å². The van der Waals surface area contributed by atoms with Crippen LogP contribution in [0.15, 0.2) is 42.7 Å². The SMILES string of the molecule is COCCCc1cc(CN(C(=O)[C@@H](C#N)Cc2ccc(N3CC[C@@H](Oc4c(Cl)cc(C)cc4Cl)C3)nc2)C2CC2)c(Cl)cn1. The lowest BCUT2D eigenvalue weighted by Gasteiger charge is -2.25. The van der Waals surface area contributed by atoms with Gasteiger partial charge in [0.1, 0.15) is 17.8 Å². The molecule has 1 aliphatic heterocycles. The largest absolute Gasteiger partial charge is 0.485 e. The van der Waals surface area contributed by atoms with Crippen LogP contribution in [0, 0.1) is 24.2 Å². The van der Waals surface area contributed by atoms with Crippen molar-refractivity contribution in [3.8, 4) is 11.8 Å². The number of amides is 1. The molecule has 5 rings (SSSR count). The van der Waals surface area contributed by atoms with E-state index < -0.39 is 5.92 Å². The number of benzene rings is 1. The fraction of sp³-hybridized carbons (Fsp3) is 0.455. The molecule has 1 saturated heterocycles. The Morgan fingerprint density at radius 2 is 1.89 bits per heavy atom. The summed E-state index contributed by atoms with van der Waals surface area (Å²) in [6, 6.07) is 11.9. The number of hydrogen-bond acceptors (Lipinski definition) is 7. The summed E-state index contributed by atoms with van der Waals surface area (Å²) < 4.78 is 11.3. The van der Waals surface area contributed by atoms with E-state index in [2.05, 4.69) is 20.9 Å². The van der Waals surface area contributed by atoms with Gasteiger partial charge >= 0.3 is 0 Å². The van der Waals surface area contributed by atoms with Crippen molar-refractivity contribution < 1.29 is 14.3 Å². The number of nitrogens with zero attached hydrogens (tertiary/aromatic N) is 5. The molecule has 0 N–H and O–H groups in total. The number of ether oxygens (including phenoxy) is 2. The van der Waals surface area contributed by atoms with E-state index >= 15 is 0 Å². The van der Waals surface area contributed by atoms with E-state index in [0.717, 1.165) is 66.9 Å². The molecule has 1 saturated carbocycles. The lowest BCUT2D eigenvalue weighted by molar-refractivity contribution is -0.135. The molecule has 3 heterocycles. The minimum absolute atomic E-state index is 0.0708. The average Bonchev–Trinajstić information content (AvgIpc) is 3.74. The monoisotopic (exact) mass is 655 g/mol. The molecule has 2 fully saturated rings. The first-order valence-electron chi connectivity index (χ1n) is 14.9. The molecule has 2 aromatic heterocycles. The molecule has 2 atom stereocenters. The molecule has 44 heavy (non-hydrogen) atoms. The Kier molecular flexibility index (Phi) is 10.9. The van der Waals surface area contributed by atoms with Crippen molar-refractivity contribution in [3.05, 3.63) is 80.2 Å². The Labute approximate surface area is 273 Å². The van der Waals surface area contributed by atoms with Crippen molar-refractivity contribution in [2.75, 3.05) is 31.7 Å². The van der Waals surface area contributed by atoms with E-state index in [9.17, 15) is 10.1 Å². The summed E-state index contributed by atoms with van der Waals surface area (Å²) in [4.78, 5) is 26.7. The fourth-order valence-electron chi connectivity index (χ4n) is 5.49. The maximum Gasteiger partial charge on any atom is 0.240 e. The molecule has 232 valence electrons. The van der Waals surface area contributed by atoms with Crippen LogP contribution >= 0.6 is 34.8 Å². The topological polar surface area (TPSA) is 91.6 Å². The molecule has 0 spiro atoms. The minimum Gasteiger partial charge on any atom is -0.485 e. The third kappa shape index (κ3) is 8.13. The predicted molar refractivity (Wildman–Crippen MR) is 173 cm³/mol. The van der Waals surface area contributed by atoms with Gasteiger partial charge in [-0.3, -0.25) is 9.78 Å². The van der Waals surface area contributed by atoms with Gasteiger partial charge in [-0.1, -0.05) is 40.9 Å². The summed E-state index contributed by atoms with van der Waals surface area (Å²) in [6.07, 6.45) is 7.88. The van der Waals surface area contributed by atoms with Gasteiger partial charge in [0.25, 0.3) is 0 Å². The van der Waals surface area contributed by atoms with Gasteiger partial charge in [-0.2, -0.15) is 5.26 Å². The highest BCUT2D eigenvalue weighted by Crippen LogP contribution is 2.36. The molecule has 11 heteroatoms. The second-order valence-electron chi connectivity index (χ2n) is 11.5. The molecule has 0 radical (unpaired) electrons. The number of anilines is 1. The Balaban J connectivity index is 1.20. The number of carbonyl (C=O) groups excluding carboxylic acids is 1. The number of rotatable bonds is 13. The molecule has 0 unspecified atom stereocenters. The number of aromatic nitrogens is 2. The smallest absolute Gasteiger partial charge is 0.240 e. The van der Waals surface area contributed by atoms with Crippen LogP contribution < -0.4 is 9.64 Å². The summed E-state index contributed by atoms with van der Waals surface area (Å²) in [5.41, 5.74) is 3.56. The van der Waals surface area contributed by atoms with E-state index in [1.165, 1.54) is 0 Å². The van der Waals surface area contributed by atoms with E-state index in [1.807, 2.05) is 42.2 Å². The molecular formula is C33H36Cl3N5O3. The molecule has 1 amide bonds. The van der Waals surface area contributed by atoms with Gasteiger partial charge in [-0.05, 0) is 80.0 Å². The molecule has 0 bridgehead atoms. The van der Waals surface area contributed by atoms with Crippen LogP contribution in [-0.2, 0) is 28.9 Å². The Morgan fingerprint density at radius 3 is 2.55 bits per heavy atom. The summed E-state index contributed by atoms with van der Waals surface area (Å²) >= 11 is 19.2. The fourth-order valence-corrected chi connectivity index (χ4v) is 6.34. The third-order valence-electron chi connectivity index (χ3n) is 7.98. The van der Waals surface area contributed by atoms with Crippen LogP contribution in [0.2, 0.25) is 15.1 Å². The highest BCUT2D eigenvalue weighted by atomic mass is 35.5. The van der Waals surface area contributed by atoms with E-state index in [0.29, 0.717) is 40.5 Å². The summed E-state index contributed by atoms with van der Waals surface area (Å²) in [5.74, 6) is 0.323. The van der Waals surface area contributed by atoms with Crippen LogP contribution in [0.25, 0.3) is 0 Å². The van der Waals surface area contributed by atoms with Crippen LogP contribution in [0.3, 0.4) is 0 Å². The molecule has 2 aliphatic rings. The summed E-state index contributed by atoms with van der Waals surface area (Å²) in [5, 5.41) is 11.5. The number of hydrogen-bond donors (Lipinski definition) is 0. The second-order valence-corrected chi connectivity index (χ2v) is 12.7. The van der Waals surface area contributed by atoms with E-state index in [4.69, 9.17) is 44.3 Å². The number of halogens is 3. The normalized spacial score (nSPS) is 16.9. The van der Waals surface area contributed by atoms with Gasteiger partial charge in [0.2, 0.25) is 5.91 Å². The van der Waals surface area contributed by atoms with Crippen molar-refractivity contribution in [2.45, 2.75) is 64.1 Å². The molecule has 8 nitrogen and oxygen atoms in total. The second kappa shape index (κ2) is 14.8. The third-order valence-corrected chi connectivity index (χ3v) is 8.88. The van der Waals surface area contributed by atoms with Crippen LogP contribution in [-0.4, -0.2) is 59.7 Å². The zero-order valence-corrected chi connectivity index (χ0v) is 27.2. The zero-order valence-electron chi connectivity index (χ0n) is 24.9. The molecule has 3 aromatic rings. The van der Waals surface area contributed by atoms with Crippen molar-refractivity contribution in [3.63, 3.8) is 0 Å². The van der Waals surface area contributed by atoms with Crippen molar-refractivity contribution >= 4 is 46.5 Å². The Hall–Kier alpha value is -3.09. The number of nitriles is 1. The predicted octanol–water partition coefficient (Wildman–Crippen LogP) is 6.86. The number of aryl methyl sites for hydroxylation is 2. The number of pyridine rings is 2. The Bertz CT molecular complexity index is 1490. The maximum absolute atomic E-state index is 13.7. The highest BCUT2D eigenvalue weighted by Gasteiger charge is 2.36. The maximum atomic E-state index is 13.7. The lowest BCUT2D eigenvalue weighted by atomic mass is 10.00. The lowest BCUT2D eigenvalue weighted by Crippen LogP contribution is -2.38. The van der Waals surface area contributed by atoms with Crippen molar-refractivity contribution in [1.29, 1.82) is 5.26 Å². The first-order valence-corrected chi connectivity index (χ1v) is 16.0. The summed E-state index contributed by atoms with van der Waals surface area (Å²) in [7, 11) is 1.68. The van der Waals surface area contributed by atoms with Gasteiger partial charge < -0.3 is 19.3 Å². The average molecular weight is 657 g/mol. The highest BCUT2D eigenvalue weighted by molar-refractivity contribution is 6.37.